The first kappa shape index (κ1) is 44.5. The molecule has 290 valence electrons. The van der Waals surface area contributed by atoms with E-state index in [0.29, 0.717) is 32.7 Å². The van der Waals surface area contributed by atoms with E-state index in [1.165, 1.54) is 0 Å². The SMILES string of the molecule is CCOC(C)OC1CCC(C)(OC(C)OCC)C(O)/C=C/C(C)C(/C(C)=C/C=C/C(C)CC2OC2C(C)C(CC)OC(C)OCC)OC(=O)C1. The van der Waals surface area contributed by atoms with Crippen LogP contribution in [-0.4, -0.2) is 92.0 Å². The van der Waals surface area contributed by atoms with Crippen LogP contribution in [0, 0.1) is 17.8 Å². The lowest BCUT2D eigenvalue weighted by Gasteiger charge is -2.37. The number of ether oxygens (including phenoxy) is 8. The first-order valence-electron chi connectivity index (χ1n) is 19.1. The fourth-order valence-electron chi connectivity index (χ4n) is 6.78. The van der Waals surface area contributed by atoms with Crippen molar-refractivity contribution >= 4 is 5.97 Å². The Morgan fingerprint density at radius 2 is 1.64 bits per heavy atom. The van der Waals surface area contributed by atoms with Crippen LogP contribution in [0.5, 0.6) is 0 Å². The van der Waals surface area contributed by atoms with Gasteiger partial charge in [-0.15, -0.1) is 0 Å². The van der Waals surface area contributed by atoms with Crippen LogP contribution in [0.15, 0.2) is 36.0 Å². The smallest absolute Gasteiger partial charge is 0.309 e. The maximum atomic E-state index is 13.4. The first-order chi connectivity index (χ1) is 23.7. The molecular formula is C40H70O10. The molecule has 50 heavy (non-hydrogen) atoms. The summed E-state index contributed by atoms with van der Waals surface area (Å²) < 4.78 is 47.6. The molecule has 10 heteroatoms. The summed E-state index contributed by atoms with van der Waals surface area (Å²) in [5.74, 6) is 0.000983. The van der Waals surface area contributed by atoms with Crippen LogP contribution in [0.1, 0.15) is 115 Å². The monoisotopic (exact) mass is 710 g/mol. The molecule has 2 heterocycles. The zero-order valence-corrected chi connectivity index (χ0v) is 33.1. The predicted molar refractivity (Wildman–Crippen MR) is 195 cm³/mol. The van der Waals surface area contributed by atoms with Crippen molar-refractivity contribution < 1.29 is 47.8 Å². The number of hydrogen-bond donors (Lipinski definition) is 1. The third kappa shape index (κ3) is 15.2. The molecule has 2 aliphatic heterocycles. The number of aliphatic hydroxyl groups excluding tert-OH is 1. The van der Waals surface area contributed by atoms with Gasteiger partial charge in [-0.3, -0.25) is 4.79 Å². The lowest BCUT2D eigenvalue weighted by Crippen LogP contribution is -2.45. The molecule has 0 radical (unpaired) electrons. The van der Waals surface area contributed by atoms with Crippen molar-refractivity contribution in [2.45, 2.75) is 176 Å². The highest BCUT2D eigenvalue weighted by atomic mass is 16.7. The van der Waals surface area contributed by atoms with Gasteiger partial charge < -0.3 is 43.0 Å². The Bertz CT molecular complexity index is 1060. The third-order valence-corrected chi connectivity index (χ3v) is 9.69. The largest absolute Gasteiger partial charge is 0.457 e. The summed E-state index contributed by atoms with van der Waals surface area (Å²) in [6.07, 6.45) is 9.86. The minimum atomic E-state index is -0.974. The summed E-state index contributed by atoms with van der Waals surface area (Å²) in [6, 6.07) is 0. The Hall–Kier alpha value is -1.63. The lowest BCUT2D eigenvalue weighted by atomic mass is 9.88. The fraction of sp³-hybridized carbons (Fsp3) is 0.825. The van der Waals surface area contributed by atoms with Crippen LogP contribution in [-0.2, 0) is 42.7 Å². The molecule has 0 spiro atoms. The molecule has 0 aromatic heterocycles. The van der Waals surface area contributed by atoms with Gasteiger partial charge in [0.2, 0.25) is 0 Å². The summed E-state index contributed by atoms with van der Waals surface area (Å²) in [4.78, 5) is 13.4. The van der Waals surface area contributed by atoms with Crippen LogP contribution in [0.3, 0.4) is 0 Å². The topological polar surface area (TPSA) is 114 Å². The van der Waals surface area contributed by atoms with E-state index < -0.39 is 36.5 Å². The number of allylic oxidation sites excluding steroid dienone is 3. The number of esters is 1. The highest BCUT2D eigenvalue weighted by molar-refractivity contribution is 5.70. The van der Waals surface area contributed by atoms with Crippen molar-refractivity contribution in [1.82, 2.24) is 0 Å². The number of aliphatic hydroxyl groups is 1. The van der Waals surface area contributed by atoms with Gasteiger partial charge >= 0.3 is 5.97 Å². The number of rotatable bonds is 20. The average molecular weight is 711 g/mol. The molecule has 13 atom stereocenters. The molecule has 10 nitrogen and oxygen atoms in total. The van der Waals surface area contributed by atoms with Crippen molar-refractivity contribution in [1.29, 1.82) is 0 Å². The fourth-order valence-corrected chi connectivity index (χ4v) is 6.78. The minimum absolute atomic E-state index is 0.0487. The van der Waals surface area contributed by atoms with Crippen LogP contribution >= 0.6 is 0 Å². The van der Waals surface area contributed by atoms with Crippen LogP contribution in [0.2, 0.25) is 0 Å². The van der Waals surface area contributed by atoms with Crippen LogP contribution < -0.4 is 0 Å². The number of carbonyl (C=O) groups is 1. The summed E-state index contributed by atoms with van der Waals surface area (Å²) in [5.41, 5.74) is -0.0758. The van der Waals surface area contributed by atoms with E-state index >= 15 is 0 Å². The van der Waals surface area contributed by atoms with Crippen molar-refractivity contribution in [3.05, 3.63) is 36.0 Å². The Labute approximate surface area is 303 Å². The average Bonchev–Trinajstić information content (AvgIpc) is 3.81. The number of hydrogen-bond acceptors (Lipinski definition) is 10. The summed E-state index contributed by atoms with van der Waals surface area (Å²) in [7, 11) is 0. The lowest BCUT2D eigenvalue weighted by molar-refractivity contribution is -0.224. The van der Waals surface area contributed by atoms with Gasteiger partial charge in [0.1, 0.15) is 12.2 Å². The summed E-state index contributed by atoms with van der Waals surface area (Å²) >= 11 is 0. The van der Waals surface area contributed by atoms with Gasteiger partial charge in [0.15, 0.2) is 18.9 Å². The van der Waals surface area contributed by atoms with E-state index in [9.17, 15) is 9.90 Å². The highest BCUT2D eigenvalue weighted by Gasteiger charge is 2.46. The molecule has 1 saturated heterocycles. The summed E-state index contributed by atoms with van der Waals surface area (Å²) in [5, 5.41) is 11.4. The maximum absolute atomic E-state index is 13.4. The molecule has 0 saturated carbocycles. The highest BCUT2D eigenvalue weighted by Crippen LogP contribution is 2.38. The van der Waals surface area contributed by atoms with Crippen molar-refractivity contribution in [2.24, 2.45) is 17.8 Å². The van der Waals surface area contributed by atoms with E-state index in [2.05, 4.69) is 26.8 Å². The molecule has 0 bridgehead atoms. The van der Waals surface area contributed by atoms with Crippen LogP contribution in [0.4, 0.5) is 0 Å². The predicted octanol–water partition coefficient (Wildman–Crippen LogP) is 7.67. The molecule has 0 amide bonds. The standard InChI is InChI=1S/C40H70O10/c1-13-34(47-31(10)44-15-3)29(8)39-35(48-39)24-26(5)18-17-19-27(6)38-28(7)20-21-36(41)40(12,50-32(11)45-16-4)23-22-33(25-37(42)49-38)46-30(9)43-14-2/h17-21,26,28-36,38-39,41H,13-16,22-25H2,1-12H3/b18-17+,21-20+,27-19+. The van der Waals surface area contributed by atoms with E-state index in [-0.39, 0.29) is 54.7 Å². The number of cyclic esters (lactones) is 1. The van der Waals surface area contributed by atoms with E-state index in [4.69, 9.17) is 37.9 Å². The van der Waals surface area contributed by atoms with Gasteiger partial charge in [0, 0.05) is 31.7 Å². The Morgan fingerprint density at radius 1 is 1.00 bits per heavy atom. The van der Waals surface area contributed by atoms with Crippen molar-refractivity contribution in [3.63, 3.8) is 0 Å². The number of carbonyl (C=O) groups excluding carboxylic acids is 1. The Morgan fingerprint density at radius 3 is 2.28 bits per heavy atom. The quantitative estimate of drug-likeness (QED) is 0.0444. The van der Waals surface area contributed by atoms with Gasteiger partial charge in [-0.1, -0.05) is 58.1 Å². The second kappa shape index (κ2) is 22.4. The molecular weight excluding hydrogens is 640 g/mol. The minimum Gasteiger partial charge on any atom is -0.457 e. The van der Waals surface area contributed by atoms with Gasteiger partial charge in [-0.05, 0) is 92.6 Å². The molecule has 1 fully saturated rings. The maximum Gasteiger partial charge on any atom is 0.309 e. The molecule has 2 rings (SSSR count). The van der Waals surface area contributed by atoms with Gasteiger partial charge in [-0.2, -0.15) is 0 Å². The molecule has 13 unspecified atom stereocenters. The normalized spacial score (nSPS) is 32.7. The van der Waals surface area contributed by atoms with Crippen molar-refractivity contribution in [2.75, 3.05) is 19.8 Å². The van der Waals surface area contributed by atoms with Crippen LogP contribution in [0.25, 0.3) is 0 Å². The van der Waals surface area contributed by atoms with Crippen molar-refractivity contribution in [3.8, 4) is 0 Å². The van der Waals surface area contributed by atoms with Gasteiger partial charge in [0.25, 0.3) is 0 Å². The zero-order valence-electron chi connectivity index (χ0n) is 33.1. The second-order valence-corrected chi connectivity index (χ2v) is 14.2. The Kier molecular flexibility index (Phi) is 20.0. The first-order valence-corrected chi connectivity index (χ1v) is 19.1. The number of epoxide rings is 1. The van der Waals surface area contributed by atoms with E-state index in [1.54, 1.807) is 6.08 Å². The van der Waals surface area contributed by atoms with E-state index in [1.807, 2.05) is 80.5 Å². The molecule has 0 aromatic rings. The third-order valence-electron chi connectivity index (χ3n) is 9.69. The Balaban J connectivity index is 2.17. The van der Waals surface area contributed by atoms with Gasteiger partial charge in [0.05, 0.1) is 36.4 Å². The summed E-state index contributed by atoms with van der Waals surface area (Å²) in [6.45, 7) is 25.3. The van der Waals surface area contributed by atoms with E-state index in [0.717, 1.165) is 18.4 Å². The molecule has 2 aliphatic rings. The zero-order chi connectivity index (χ0) is 37.4. The molecule has 1 N–H and O–H groups in total. The van der Waals surface area contributed by atoms with Gasteiger partial charge in [-0.25, -0.2) is 0 Å². The second-order valence-electron chi connectivity index (χ2n) is 14.2. The molecule has 0 aromatic carbocycles. The molecule has 0 aliphatic carbocycles.